The van der Waals surface area contributed by atoms with Crippen LogP contribution in [-0.4, -0.2) is 34.3 Å². The van der Waals surface area contributed by atoms with E-state index in [4.69, 9.17) is 0 Å². The summed E-state index contributed by atoms with van der Waals surface area (Å²) < 4.78 is 0. The van der Waals surface area contributed by atoms with Gasteiger partial charge in [0.2, 0.25) is 11.9 Å². The molecule has 6 nitrogen and oxygen atoms in total. The van der Waals surface area contributed by atoms with Crippen molar-refractivity contribution in [2.45, 2.75) is 25.3 Å². The highest BCUT2D eigenvalue weighted by atomic mass is 32.1. The molecule has 0 aromatic carbocycles. The highest BCUT2D eigenvalue weighted by molar-refractivity contribution is 7.09. The van der Waals surface area contributed by atoms with Crippen LogP contribution in [0.2, 0.25) is 0 Å². The lowest BCUT2D eigenvalue weighted by Crippen LogP contribution is -2.10. The Morgan fingerprint density at radius 3 is 2.94 bits per heavy atom. The Kier molecular flexibility index (Phi) is 2.91. The lowest BCUT2D eigenvalue weighted by Gasteiger charge is -2.03. The number of aromatic amines is 1. The second-order valence-electron chi connectivity index (χ2n) is 4.68. The quantitative estimate of drug-likeness (QED) is 0.862. The van der Waals surface area contributed by atoms with Crippen LogP contribution in [0.1, 0.15) is 29.5 Å². The summed E-state index contributed by atoms with van der Waals surface area (Å²) in [6.45, 7) is 0.686. The maximum Gasteiger partial charge on any atom is 0.245 e. The molecule has 0 atom stereocenters. The fraction of sp³-hybridized carbons (Fsp3) is 0.545. The number of H-pyrrole nitrogens is 1. The Bertz CT molecular complexity index is 487. The molecule has 0 saturated heterocycles. The molecule has 0 amide bonds. The summed E-state index contributed by atoms with van der Waals surface area (Å²) in [6.07, 6.45) is 2.60. The average molecular weight is 264 g/mol. The van der Waals surface area contributed by atoms with E-state index in [1.807, 2.05) is 19.0 Å². The Balaban J connectivity index is 1.58. The van der Waals surface area contributed by atoms with Crippen molar-refractivity contribution < 1.29 is 0 Å². The molecule has 0 radical (unpaired) electrons. The first-order chi connectivity index (χ1) is 8.72. The minimum Gasteiger partial charge on any atom is -0.349 e. The van der Waals surface area contributed by atoms with E-state index in [0.717, 1.165) is 11.6 Å². The molecule has 18 heavy (non-hydrogen) atoms. The fourth-order valence-electron chi connectivity index (χ4n) is 1.63. The summed E-state index contributed by atoms with van der Waals surface area (Å²) in [5, 5.41) is 13.5. The van der Waals surface area contributed by atoms with Crippen LogP contribution in [0.25, 0.3) is 0 Å². The molecule has 2 aromatic heterocycles. The van der Waals surface area contributed by atoms with Crippen molar-refractivity contribution in [1.29, 1.82) is 0 Å². The van der Waals surface area contributed by atoms with Gasteiger partial charge in [-0.3, -0.25) is 0 Å². The second kappa shape index (κ2) is 4.56. The van der Waals surface area contributed by atoms with Gasteiger partial charge in [-0.1, -0.05) is 0 Å². The first-order valence-electron chi connectivity index (χ1n) is 6.00. The van der Waals surface area contributed by atoms with Gasteiger partial charge in [-0.2, -0.15) is 4.98 Å². The third-order valence-corrected chi connectivity index (χ3v) is 3.86. The molecule has 1 saturated carbocycles. The number of aromatic nitrogens is 4. The van der Waals surface area contributed by atoms with Gasteiger partial charge in [0, 0.05) is 25.4 Å². The molecule has 1 fully saturated rings. The van der Waals surface area contributed by atoms with Gasteiger partial charge in [0.1, 0.15) is 0 Å². The highest BCUT2D eigenvalue weighted by Gasteiger charge is 2.26. The molecule has 3 rings (SSSR count). The van der Waals surface area contributed by atoms with Gasteiger partial charge in [-0.15, -0.1) is 16.4 Å². The SMILES string of the molecule is CN(C)c1n[nH]c(NCc2csc(C3CC3)n2)n1. The van der Waals surface area contributed by atoms with Crippen molar-refractivity contribution in [3.8, 4) is 0 Å². The van der Waals surface area contributed by atoms with Crippen LogP contribution >= 0.6 is 11.3 Å². The number of rotatable bonds is 5. The van der Waals surface area contributed by atoms with Gasteiger partial charge in [-0.25, -0.2) is 10.1 Å². The van der Waals surface area contributed by atoms with E-state index in [1.54, 1.807) is 11.3 Å². The van der Waals surface area contributed by atoms with Crippen LogP contribution < -0.4 is 10.2 Å². The standard InChI is InChI=1S/C11H16N6S/c1-17(2)11-14-10(15-16-11)12-5-8-6-18-9(13-8)7-3-4-7/h6-7H,3-5H2,1-2H3,(H2,12,14,15,16). The zero-order valence-corrected chi connectivity index (χ0v) is 11.3. The summed E-state index contributed by atoms with van der Waals surface area (Å²) in [4.78, 5) is 10.8. The number of nitrogens with zero attached hydrogens (tertiary/aromatic N) is 4. The second-order valence-corrected chi connectivity index (χ2v) is 5.57. The Morgan fingerprint density at radius 2 is 2.28 bits per heavy atom. The lowest BCUT2D eigenvalue weighted by atomic mass is 10.4. The van der Waals surface area contributed by atoms with Crippen molar-refractivity contribution in [3.05, 3.63) is 16.1 Å². The number of thiazole rings is 1. The van der Waals surface area contributed by atoms with Gasteiger partial charge in [0.05, 0.1) is 17.2 Å². The molecule has 1 aliphatic carbocycles. The zero-order chi connectivity index (χ0) is 12.5. The number of anilines is 2. The third kappa shape index (κ3) is 2.45. The van der Waals surface area contributed by atoms with Crippen molar-refractivity contribution in [1.82, 2.24) is 20.2 Å². The van der Waals surface area contributed by atoms with E-state index in [-0.39, 0.29) is 0 Å². The lowest BCUT2D eigenvalue weighted by molar-refractivity contribution is 0.978. The largest absolute Gasteiger partial charge is 0.349 e. The zero-order valence-electron chi connectivity index (χ0n) is 10.5. The minimum atomic E-state index is 0.675. The summed E-state index contributed by atoms with van der Waals surface area (Å²) in [7, 11) is 3.82. The molecule has 2 aromatic rings. The van der Waals surface area contributed by atoms with Crippen LogP contribution in [0.15, 0.2) is 5.38 Å². The first-order valence-corrected chi connectivity index (χ1v) is 6.88. The van der Waals surface area contributed by atoms with Gasteiger partial charge in [0.25, 0.3) is 0 Å². The van der Waals surface area contributed by atoms with Crippen molar-refractivity contribution in [2.24, 2.45) is 0 Å². The van der Waals surface area contributed by atoms with E-state index >= 15 is 0 Å². The fourth-order valence-corrected chi connectivity index (χ4v) is 2.62. The summed E-state index contributed by atoms with van der Waals surface area (Å²) in [5.74, 6) is 2.09. The summed E-state index contributed by atoms with van der Waals surface area (Å²) in [5.41, 5.74) is 1.07. The molecule has 0 aliphatic heterocycles. The van der Waals surface area contributed by atoms with Crippen LogP contribution in [-0.2, 0) is 6.54 Å². The molecule has 1 aliphatic rings. The van der Waals surface area contributed by atoms with Crippen molar-refractivity contribution >= 4 is 23.2 Å². The van der Waals surface area contributed by atoms with E-state index < -0.39 is 0 Å². The molecule has 7 heteroatoms. The smallest absolute Gasteiger partial charge is 0.245 e. The number of nitrogens with one attached hydrogen (secondary N) is 2. The van der Waals surface area contributed by atoms with Gasteiger partial charge in [-0.05, 0) is 12.8 Å². The van der Waals surface area contributed by atoms with Crippen LogP contribution in [0.5, 0.6) is 0 Å². The minimum absolute atomic E-state index is 0.675. The van der Waals surface area contributed by atoms with Crippen molar-refractivity contribution in [3.63, 3.8) is 0 Å². The monoisotopic (exact) mass is 264 g/mol. The molecular weight excluding hydrogens is 248 g/mol. The highest BCUT2D eigenvalue weighted by Crippen LogP contribution is 2.41. The van der Waals surface area contributed by atoms with E-state index in [9.17, 15) is 0 Å². The summed E-state index contributed by atoms with van der Waals surface area (Å²) in [6, 6.07) is 0. The average Bonchev–Trinajstić information content (AvgIpc) is 2.92. The van der Waals surface area contributed by atoms with Crippen LogP contribution in [0.3, 0.4) is 0 Å². The van der Waals surface area contributed by atoms with Gasteiger partial charge in [0.15, 0.2) is 0 Å². The van der Waals surface area contributed by atoms with E-state index in [2.05, 4.69) is 30.9 Å². The first kappa shape index (κ1) is 11.5. The van der Waals surface area contributed by atoms with Crippen molar-refractivity contribution in [2.75, 3.05) is 24.3 Å². The van der Waals surface area contributed by atoms with E-state index in [0.29, 0.717) is 18.4 Å². The molecular formula is C11H16N6S. The molecule has 0 bridgehead atoms. The Hall–Kier alpha value is -1.63. The molecule has 0 unspecified atom stereocenters. The number of hydrogen-bond acceptors (Lipinski definition) is 6. The maximum atomic E-state index is 4.61. The maximum absolute atomic E-state index is 4.61. The summed E-state index contributed by atoms with van der Waals surface area (Å²) >= 11 is 1.76. The molecule has 0 spiro atoms. The van der Waals surface area contributed by atoms with Crippen LogP contribution in [0.4, 0.5) is 11.9 Å². The Morgan fingerprint density at radius 1 is 1.44 bits per heavy atom. The molecule has 96 valence electrons. The molecule has 2 N–H and O–H groups in total. The topological polar surface area (TPSA) is 69.7 Å². The third-order valence-electron chi connectivity index (χ3n) is 2.81. The predicted molar refractivity (Wildman–Crippen MR) is 72.1 cm³/mol. The van der Waals surface area contributed by atoms with Crippen LogP contribution in [0, 0.1) is 0 Å². The number of hydrogen-bond donors (Lipinski definition) is 2. The van der Waals surface area contributed by atoms with Gasteiger partial charge < -0.3 is 10.2 Å². The van der Waals surface area contributed by atoms with Gasteiger partial charge >= 0.3 is 0 Å². The Labute approximate surface area is 109 Å². The molecule has 2 heterocycles. The predicted octanol–water partition coefficient (Wildman–Crippen LogP) is 1.82. The normalized spacial score (nSPS) is 14.8. The van der Waals surface area contributed by atoms with E-state index in [1.165, 1.54) is 17.8 Å².